The van der Waals surface area contributed by atoms with Crippen molar-refractivity contribution in [2.75, 3.05) is 0 Å². The van der Waals surface area contributed by atoms with Crippen molar-refractivity contribution in [3.8, 4) is 0 Å². The number of rotatable bonds is 3. The Morgan fingerprint density at radius 2 is 2.31 bits per heavy atom. The monoisotopic (exact) mass is 220 g/mol. The first kappa shape index (κ1) is 10.6. The predicted molar refractivity (Wildman–Crippen MR) is 56.9 cm³/mol. The maximum atomic E-state index is 10.9. The Morgan fingerprint density at radius 3 is 2.94 bits per heavy atom. The molecule has 0 saturated heterocycles. The molecule has 0 fully saturated rings. The summed E-state index contributed by atoms with van der Waals surface area (Å²) in [6.45, 7) is 1.93. The van der Waals surface area contributed by atoms with E-state index < -0.39 is 12.0 Å². The molecule has 0 saturated carbocycles. The third-order valence-electron chi connectivity index (χ3n) is 2.43. The SMILES string of the molecule is CCc1nnc2cccc(C(N)C(=O)O)n12. The number of aliphatic carboxylic acids is 1. The third kappa shape index (κ3) is 1.53. The van der Waals surface area contributed by atoms with Gasteiger partial charge in [-0.1, -0.05) is 13.0 Å². The average molecular weight is 220 g/mol. The van der Waals surface area contributed by atoms with Gasteiger partial charge in [-0.2, -0.15) is 0 Å². The minimum Gasteiger partial charge on any atom is -0.480 e. The number of carboxylic acids is 1. The summed E-state index contributed by atoms with van der Waals surface area (Å²) in [4.78, 5) is 10.9. The highest BCUT2D eigenvalue weighted by molar-refractivity contribution is 5.75. The van der Waals surface area contributed by atoms with E-state index in [0.29, 0.717) is 23.6 Å². The standard InChI is InChI=1S/C10H12N4O2/c1-2-7-12-13-8-5-3-4-6(14(7)8)9(11)10(15)16/h3-5,9H,2,11H2,1H3,(H,15,16). The van der Waals surface area contributed by atoms with Crippen molar-refractivity contribution in [3.05, 3.63) is 29.7 Å². The molecule has 6 nitrogen and oxygen atoms in total. The summed E-state index contributed by atoms with van der Waals surface area (Å²) in [6.07, 6.45) is 0.671. The van der Waals surface area contributed by atoms with Crippen LogP contribution in [0.4, 0.5) is 0 Å². The second kappa shape index (κ2) is 3.90. The van der Waals surface area contributed by atoms with Gasteiger partial charge >= 0.3 is 5.97 Å². The number of hydrogen-bond acceptors (Lipinski definition) is 4. The minimum absolute atomic E-state index is 0.492. The van der Waals surface area contributed by atoms with E-state index in [4.69, 9.17) is 10.8 Å². The summed E-state index contributed by atoms with van der Waals surface area (Å²) in [5.74, 6) is -0.356. The van der Waals surface area contributed by atoms with Crippen LogP contribution in [0.15, 0.2) is 18.2 Å². The lowest BCUT2D eigenvalue weighted by atomic mass is 10.2. The van der Waals surface area contributed by atoms with Gasteiger partial charge in [0.25, 0.3) is 0 Å². The zero-order valence-corrected chi connectivity index (χ0v) is 8.79. The van der Waals surface area contributed by atoms with Crippen molar-refractivity contribution in [1.29, 1.82) is 0 Å². The number of aromatic nitrogens is 3. The van der Waals surface area contributed by atoms with Crippen molar-refractivity contribution < 1.29 is 9.90 Å². The maximum Gasteiger partial charge on any atom is 0.326 e. The van der Waals surface area contributed by atoms with Gasteiger partial charge in [-0.25, -0.2) is 0 Å². The number of fused-ring (bicyclic) bond motifs is 1. The number of pyridine rings is 1. The quantitative estimate of drug-likeness (QED) is 0.779. The fourth-order valence-electron chi connectivity index (χ4n) is 1.63. The van der Waals surface area contributed by atoms with E-state index >= 15 is 0 Å². The Hall–Kier alpha value is -1.95. The lowest BCUT2D eigenvalue weighted by Crippen LogP contribution is -2.23. The molecule has 1 atom stereocenters. The first-order valence-corrected chi connectivity index (χ1v) is 4.96. The van der Waals surface area contributed by atoms with E-state index in [1.54, 1.807) is 22.6 Å². The van der Waals surface area contributed by atoms with Gasteiger partial charge in [0.1, 0.15) is 11.9 Å². The first-order chi connectivity index (χ1) is 7.65. The topological polar surface area (TPSA) is 93.5 Å². The molecule has 2 aromatic heterocycles. The molecule has 0 aliphatic carbocycles. The molecule has 2 rings (SSSR count). The second-order valence-corrected chi connectivity index (χ2v) is 3.43. The molecule has 0 aliphatic heterocycles. The van der Waals surface area contributed by atoms with Gasteiger partial charge < -0.3 is 10.8 Å². The van der Waals surface area contributed by atoms with Crippen LogP contribution < -0.4 is 5.73 Å². The number of aryl methyl sites for hydroxylation is 1. The molecule has 2 aromatic rings. The highest BCUT2D eigenvalue weighted by Gasteiger charge is 2.19. The molecule has 0 aromatic carbocycles. The Morgan fingerprint density at radius 1 is 1.56 bits per heavy atom. The molecule has 0 radical (unpaired) electrons. The highest BCUT2D eigenvalue weighted by Crippen LogP contribution is 2.15. The number of nitrogens with two attached hydrogens (primary N) is 1. The van der Waals surface area contributed by atoms with Gasteiger partial charge in [0.2, 0.25) is 0 Å². The summed E-state index contributed by atoms with van der Waals surface area (Å²) in [5.41, 5.74) is 6.72. The number of carboxylic acid groups (broad SMARTS) is 1. The Labute approximate surface area is 91.7 Å². The Bertz CT molecular complexity index is 535. The molecule has 3 N–H and O–H groups in total. The predicted octanol–water partition coefficient (Wildman–Crippen LogP) is 0.376. The summed E-state index contributed by atoms with van der Waals surface area (Å²) in [7, 11) is 0. The maximum absolute atomic E-state index is 10.9. The Balaban J connectivity index is 2.68. The van der Waals surface area contributed by atoms with Crippen LogP contribution >= 0.6 is 0 Å². The van der Waals surface area contributed by atoms with Gasteiger partial charge in [0, 0.05) is 6.42 Å². The zero-order valence-electron chi connectivity index (χ0n) is 8.79. The van der Waals surface area contributed by atoms with Gasteiger partial charge in [-0.15, -0.1) is 10.2 Å². The van der Waals surface area contributed by atoms with E-state index in [1.165, 1.54) is 0 Å². The fraction of sp³-hybridized carbons (Fsp3) is 0.300. The summed E-state index contributed by atoms with van der Waals surface area (Å²) in [6, 6.07) is 4.10. The van der Waals surface area contributed by atoms with Gasteiger partial charge in [-0.05, 0) is 12.1 Å². The molecule has 0 amide bonds. The van der Waals surface area contributed by atoms with E-state index in [0.717, 1.165) is 0 Å². The Kier molecular flexibility index (Phi) is 2.57. The van der Waals surface area contributed by atoms with Crippen LogP contribution in [0.25, 0.3) is 5.65 Å². The smallest absolute Gasteiger partial charge is 0.326 e. The molecule has 1 unspecified atom stereocenters. The van der Waals surface area contributed by atoms with Crippen LogP contribution in [0, 0.1) is 0 Å². The van der Waals surface area contributed by atoms with E-state index in [2.05, 4.69) is 10.2 Å². The molecule has 0 aliphatic rings. The van der Waals surface area contributed by atoms with Crippen molar-refractivity contribution >= 4 is 11.6 Å². The summed E-state index contributed by atoms with van der Waals surface area (Å²) in [5, 5.41) is 16.9. The van der Waals surface area contributed by atoms with Gasteiger partial charge in [0.05, 0.1) is 5.69 Å². The molecular formula is C10H12N4O2. The minimum atomic E-state index is -1.07. The molecule has 16 heavy (non-hydrogen) atoms. The molecule has 0 spiro atoms. The molecule has 2 heterocycles. The van der Waals surface area contributed by atoms with Crippen molar-refractivity contribution in [2.24, 2.45) is 5.73 Å². The molecule has 0 bridgehead atoms. The molecule has 84 valence electrons. The normalized spacial score (nSPS) is 12.9. The van der Waals surface area contributed by atoms with Crippen molar-refractivity contribution in [1.82, 2.24) is 14.6 Å². The molecular weight excluding hydrogens is 208 g/mol. The van der Waals surface area contributed by atoms with Crippen LogP contribution in [0.1, 0.15) is 24.5 Å². The van der Waals surface area contributed by atoms with Gasteiger partial charge in [0.15, 0.2) is 5.65 Å². The van der Waals surface area contributed by atoms with E-state index in [-0.39, 0.29) is 0 Å². The lowest BCUT2D eigenvalue weighted by molar-refractivity contribution is -0.138. The lowest BCUT2D eigenvalue weighted by Gasteiger charge is -2.10. The van der Waals surface area contributed by atoms with E-state index in [1.807, 2.05) is 6.92 Å². The number of carbonyl (C=O) groups is 1. The summed E-state index contributed by atoms with van der Waals surface area (Å²) >= 11 is 0. The summed E-state index contributed by atoms with van der Waals surface area (Å²) < 4.78 is 1.69. The zero-order chi connectivity index (χ0) is 11.7. The molecule has 6 heteroatoms. The largest absolute Gasteiger partial charge is 0.480 e. The second-order valence-electron chi connectivity index (χ2n) is 3.43. The van der Waals surface area contributed by atoms with Crippen LogP contribution in [-0.4, -0.2) is 25.7 Å². The fourth-order valence-corrected chi connectivity index (χ4v) is 1.63. The first-order valence-electron chi connectivity index (χ1n) is 4.96. The number of nitrogens with zero attached hydrogens (tertiary/aromatic N) is 3. The number of hydrogen-bond donors (Lipinski definition) is 2. The van der Waals surface area contributed by atoms with Crippen LogP contribution in [0.5, 0.6) is 0 Å². The van der Waals surface area contributed by atoms with Crippen molar-refractivity contribution in [3.63, 3.8) is 0 Å². The van der Waals surface area contributed by atoms with Crippen molar-refractivity contribution in [2.45, 2.75) is 19.4 Å². The average Bonchev–Trinajstić information content (AvgIpc) is 2.70. The van der Waals surface area contributed by atoms with E-state index in [9.17, 15) is 4.79 Å². The highest BCUT2D eigenvalue weighted by atomic mass is 16.4. The van der Waals surface area contributed by atoms with Crippen LogP contribution in [-0.2, 0) is 11.2 Å². The van der Waals surface area contributed by atoms with Gasteiger partial charge in [-0.3, -0.25) is 9.20 Å². The van der Waals surface area contributed by atoms with Crippen LogP contribution in [0.3, 0.4) is 0 Å². The third-order valence-corrected chi connectivity index (χ3v) is 2.43. The van der Waals surface area contributed by atoms with Crippen LogP contribution in [0.2, 0.25) is 0 Å².